The topological polar surface area (TPSA) is 44.4 Å². The third kappa shape index (κ3) is 8.27. The van der Waals surface area contributed by atoms with Crippen LogP contribution in [0.25, 0.3) is 0 Å². The second kappa shape index (κ2) is 10.0. The Balaban J connectivity index is 2.13. The summed E-state index contributed by atoms with van der Waals surface area (Å²) >= 11 is 11.9. The highest BCUT2D eigenvalue weighted by molar-refractivity contribution is 6.35. The third-order valence-corrected chi connectivity index (χ3v) is 3.56. The molecule has 0 aliphatic carbocycles. The molecule has 1 aromatic rings. The van der Waals surface area contributed by atoms with Crippen molar-refractivity contribution in [2.24, 2.45) is 0 Å². The van der Waals surface area contributed by atoms with Crippen LogP contribution in [-0.2, 0) is 11.2 Å². The van der Waals surface area contributed by atoms with Crippen molar-refractivity contribution in [2.75, 3.05) is 40.3 Å². The van der Waals surface area contributed by atoms with E-state index in [9.17, 15) is 4.79 Å². The predicted molar refractivity (Wildman–Crippen MR) is 89.2 cm³/mol. The highest BCUT2D eigenvalue weighted by atomic mass is 35.5. The molecule has 0 fully saturated rings. The van der Waals surface area contributed by atoms with E-state index >= 15 is 0 Å². The minimum atomic E-state index is 0.00457. The number of nitrogens with zero attached hydrogens (tertiary/aromatic N) is 1. The molecule has 0 aromatic heterocycles. The Labute approximate surface area is 136 Å². The van der Waals surface area contributed by atoms with Crippen LogP contribution in [0.5, 0.6) is 0 Å². The second-order valence-electron chi connectivity index (χ2n) is 5.17. The summed E-state index contributed by atoms with van der Waals surface area (Å²) in [4.78, 5) is 13.8. The standard InChI is InChI=1S/C15H23Cl2N3O/c1-20(2)9-3-7-18-11-15(21)19-8-6-12-4-5-13(16)10-14(12)17/h4-5,10,18H,3,6-9,11H2,1-2H3,(H,19,21). The summed E-state index contributed by atoms with van der Waals surface area (Å²) in [5.74, 6) is 0.00457. The Morgan fingerprint density at radius 2 is 2.00 bits per heavy atom. The van der Waals surface area contributed by atoms with Gasteiger partial charge in [0.15, 0.2) is 0 Å². The lowest BCUT2D eigenvalue weighted by Crippen LogP contribution is -2.35. The molecule has 0 radical (unpaired) electrons. The normalized spacial score (nSPS) is 10.9. The smallest absolute Gasteiger partial charge is 0.233 e. The van der Waals surface area contributed by atoms with E-state index in [2.05, 4.69) is 15.5 Å². The molecule has 2 N–H and O–H groups in total. The molecule has 0 bridgehead atoms. The molecule has 1 rings (SSSR count). The quantitative estimate of drug-likeness (QED) is 0.682. The van der Waals surface area contributed by atoms with Gasteiger partial charge in [0.1, 0.15) is 0 Å². The lowest BCUT2D eigenvalue weighted by Gasteiger charge is -2.10. The van der Waals surface area contributed by atoms with Crippen molar-refractivity contribution in [3.63, 3.8) is 0 Å². The van der Waals surface area contributed by atoms with Gasteiger partial charge in [-0.2, -0.15) is 0 Å². The molecule has 1 aromatic carbocycles. The SMILES string of the molecule is CN(C)CCCNCC(=O)NCCc1ccc(Cl)cc1Cl. The van der Waals surface area contributed by atoms with Crippen molar-refractivity contribution in [1.82, 2.24) is 15.5 Å². The Hall–Kier alpha value is -0.810. The van der Waals surface area contributed by atoms with E-state index in [-0.39, 0.29) is 5.91 Å². The molecule has 0 saturated carbocycles. The van der Waals surface area contributed by atoms with Gasteiger partial charge in [-0.05, 0) is 57.7 Å². The van der Waals surface area contributed by atoms with Gasteiger partial charge in [-0.25, -0.2) is 0 Å². The van der Waals surface area contributed by atoms with Crippen molar-refractivity contribution in [3.05, 3.63) is 33.8 Å². The fraction of sp³-hybridized carbons (Fsp3) is 0.533. The molecular formula is C15H23Cl2N3O. The molecule has 0 atom stereocenters. The summed E-state index contributed by atoms with van der Waals surface area (Å²) in [6, 6.07) is 5.40. The molecule has 21 heavy (non-hydrogen) atoms. The van der Waals surface area contributed by atoms with Crippen LogP contribution in [0.15, 0.2) is 18.2 Å². The summed E-state index contributed by atoms with van der Waals surface area (Å²) in [5.41, 5.74) is 0.986. The van der Waals surface area contributed by atoms with Crippen LogP contribution in [0.2, 0.25) is 10.0 Å². The maximum absolute atomic E-state index is 11.6. The van der Waals surface area contributed by atoms with Gasteiger partial charge < -0.3 is 15.5 Å². The zero-order valence-corrected chi connectivity index (χ0v) is 14.1. The lowest BCUT2D eigenvalue weighted by atomic mass is 10.1. The van der Waals surface area contributed by atoms with Crippen molar-refractivity contribution < 1.29 is 4.79 Å². The first kappa shape index (κ1) is 18.2. The van der Waals surface area contributed by atoms with E-state index in [1.807, 2.05) is 20.2 Å². The monoisotopic (exact) mass is 331 g/mol. The third-order valence-electron chi connectivity index (χ3n) is 2.98. The molecule has 0 heterocycles. The number of halogens is 2. The van der Waals surface area contributed by atoms with Crippen LogP contribution in [0, 0.1) is 0 Å². The van der Waals surface area contributed by atoms with E-state index < -0.39 is 0 Å². The number of carbonyl (C=O) groups is 1. The number of amides is 1. The second-order valence-corrected chi connectivity index (χ2v) is 6.01. The molecule has 0 unspecified atom stereocenters. The molecule has 0 aliphatic rings. The maximum atomic E-state index is 11.6. The van der Waals surface area contributed by atoms with Gasteiger partial charge in [0.25, 0.3) is 0 Å². The van der Waals surface area contributed by atoms with Crippen LogP contribution in [0.3, 0.4) is 0 Å². The number of benzene rings is 1. The maximum Gasteiger partial charge on any atom is 0.233 e. The number of hydrogen-bond donors (Lipinski definition) is 2. The summed E-state index contributed by atoms with van der Waals surface area (Å²) in [5, 5.41) is 7.25. The van der Waals surface area contributed by atoms with Gasteiger partial charge in [0.2, 0.25) is 5.91 Å². The Kier molecular flexibility index (Phi) is 8.69. The van der Waals surface area contributed by atoms with Crippen LogP contribution in [0.1, 0.15) is 12.0 Å². The average Bonchev–Trinajstić information content (AvgIpc) is 2.40. The lowest BCUT2D eigenvalue weighted by molar-refractivity contribution is -0.120. The van der Waals surface area contributed by atoms with Gasteiger partial charge in [-0.3, -0.25) is 4.79 Å². The van der Waals surface area contributed by atoms with Gasteiger partial charge in [0.05, 0.1) is 6.54 Å². The number of rotatable bonds is 9. The molecule has 1 amide bonds. The first-order valence-corrected chi connectivity index (χ1v) is 7.80. The van der Waals surface area contributed by atoms with Crippen molar-refractivity contribution in [1.29, 1.82) is 0 Å². The molecule has 6 heteroatoms. The van der Waals surface area contributed by atoms with Gasteiger partial charge in [-0.1, -0.05) is 29.3 Å². The molecule has 118 valence electrons. The molecule has 0 spiro atoms. The van der Waals surface area contributed by atoms with Gasteiger partial charge in [0, 0.05) is 16.6 Å². The molecule has 4 nitrogen and oxygen atoms in total. The minimum absolute atomic E-state index is 0.00457. The molecule has 0 aliphatic heterocycles. The minimum Gasteiger partial charge on any atom is -0.355 e. The zero-order chi connectivity index (χ0) is 15.7. The first-order chi connectivity index (χ1) is 9.99. The van der Waals surface area contributed by atoms with Gasteiger partial charge >= 0.3 is 0 Å². The largest absolute Gasteiger partial charge is 0.355 e. The summed E-state index contributed by atoms with van der Waals surface area (Å²) in [6.07, 6.45) is 1.73. The summed E-state index contributed by atoms with van der Waals surface area (Å²) in [6.45, 7) is 2.78. The van der Waals surface area contributed by atoms with E-state index in [0.29, 0.717) is 29.6 Å². The van der Waals surface area contributed by atoms with E-state index in [1.165, 1.54) is 0 Å². The van der Waals surface area contributed by atoms with Crippen molar-refractivity contribution >= 4 is 29.1 Å². The summed E-state index contributed by atoms with van der Waals surface area (Å²) < 4.78 is 0. The Morgan fingerprint density at radius 1 is 1.24 bits per heavy atom. The average molecular weight is 332 g/mol. The van der Waals surface area contributed by atoms with Crippen LogP contribution >= 0.6 is 23.2 Å². The molecule has 0 saturated heterocycles. The van der Waals surface area contributed by atoms with Crippen molar-refractivity contribution in [3.8, 4) is 0 Å². The van der Waals surface area contributed by atoms with E-state index in [0.717, 1.165) is 25.1 Å². The zero-order valence-electron chi connectivity index (χ0n) is 12.6. The van der Waals surface area contributed by atoms with Crippen LogP contribution in [-0.4, -0.2) is 51.1 Å². The van der Waals surface area contributed by atoms with Crippen LogP contribution < -0.4 is 10.6 Å². The molecular weight excluding hydrogens is 309 g/mol. The Morgan fingerprint density at radius 3 is 2.67 bits per heavy atom. The van der Waals surface area contributed by atoms with E-state index in [4.69, 9.17) is 23.2 Å². The van der Waals surface area contributed by atoms with Crippen LogP contribution in [0.4, 0.5) is 0 Å². The number of hydrogen-bond acceptors (Lipinski definition) is 3. The van der Waals surface area contributed by atoms with Crippen molar-refractivity contribution in [2.45, 2.75) is 12.8 Å². The Bertz CT molecular complexity index is 453. The number of nitrogens with one attached hydrogen (secondary N) is 2. The fourth-order valence-electron chi connectivity index (χ4n) is 1.85. The predicted octanol–water partition coefficient (Wildman–Crippen LogP) is 2.19. The number of carbonyl (C=O) groups excluding carboxylic acids is 1. The van der Waals surface area contributed by atoms with Gasteiger partial charge in [-0.15, -0.1) is 0 Å². The van der Waals surface area contributed by atoms with E-state index in [1.54, 1.807) is 12.1 Å². The first-order valence-electron chi connectivity index (χ1n) is 7.05. The summed E-state index contributed by atoms with van der Waals surface area (Å²) in [7, 11) is 4.07. The fourth-order valence-corrected chi connectivity index (χ4v) is 2.35. The highest BCUT2D eigenvalue weighted by Gasteiger charge is 2.03. The highest BCUT2D eigenvalue weighted by Crippen LogP contribution is 2.20.